The first-order valence-corrected chi connectivity index (χ1v) is 10.0. The van der Waals surface area contributed by atoms with Gasteiger partial charge in [-0.15, -0.1) is 0 Å². The van der Waals surface area contributed by atoms with Crippen LogP contribution in [0.15, 0.2) is 18.2 Å². The van der Waals surface area contributed by atoms with Gasteiger partial charge in [-0.25, -0.2) is 0 Å². The van der Waals surface area contributed by atoms with Gasteiger partial charge in [0.2, 0.25) is 0 Å². The second kappa shape index (κ2) is 8.74. The number of aryl methyl sites for hydroxylation is 1. The number of rotatable bonds is 3. The van der Waals surface area contributed by atoms with E-state index in [-0.39, 0.29) is 18.6 Å². The Hall–Kier alpha value is -2.08. The van der Waals surface area contributed by atoms with E-state index >= 15 is 0 Å². The van der Waals surface area contributed by atoms with E-state index in [0.29, 0.717) is 26.1 Å². The Morgan fingerprint density at radius 3 is 2.48 bits per heavy atom. The summed E-state index contributed by atoms with van der Waals surface area (Å²) in [4.78, 5) is 31.2. The minimum absolute atomic E-state index is 0.00330. The molecule has 2 saturated heterocycles. The van der Waals surface area contributed by atoms with Crippen molar-refractivity contribution in [1.29, 1.82) is 0 Å². The van der Waals surface area contributed by atoms with Gasteiger partial charge in [0.25, 0.3) is 0 Å². The molecule has 2 amide bonds. The summed E-state index contributed by atoms with van der Waals surface area (Å²) < 4.78 is 0. The molecule has 0 saturated carbocycles. The molecular formula is C21H31N3O3. The number of piperidine rings is 1. The Kier molecular flexibility index (Phi) is 6.37. The van der Waals surface area contributed by atoms with Gasteiger partial charge in [0.05, 0.1) is 0 Å². The summed E-state index contributed by atoms with van der Waals surface area (Å²) in [5.74, 6) is -0.784. The number of carbonyl (C=O) groups is 2. The molecule has 3 rings (SSSR count). The van der Waals surface area contributed by atoms with Crippen LogP contribution in [0.2, 0.25) is 0 Å². The summed E-state index contributed by atoms with van der Waals surface area (Å²) in [5, 5.41) is 9.25. The van der Waals surface area contributed by atoms with Crippen LogP contribution in [0.5, 0.6) is 0 Å². The van der Waals surface area contributed by atoms with Gasteiger partial charge in [-0.1, -0.05) is 12.1 Å². The topological polar surface area (TPSA) is 64.1 Å². The fourth-order valence-corrected chi connectivity index (χ4v) is 4.20. The van der Waals surface area contributed by atoms with Crippen LogP contribution in [0.4, 0.5) is 5.69 Å². The number of aliphatic hydroxyl groups excluding tert-OH is 1. The van der Waals surface area contributed by atoms with Crippen molar-refractivity contribution in [2.45, 2.75) is 45.6 Å². The van der Waals surface area contributed by atoms with Crippen molar-refractivity contribution >= 4 is 17.5 Å². The molecule has 0 spiro atoms. The van der Waals surface area contributed by atoms with Crippen molar-refractivity contribution in [3.63, 3.8) is 0 Å². The lowest BCUT2D eigenvalue weighted by Crippen LogP contribution is -2.55. The van der Waals surface area contributed by atoms with Crippen LogP contribution in [-0.4, -0.2) is 72.1 Å². The largest absolute Gasteiger partial charge is 0.396 e. The highest BCUT2D eigenvalue weighted by Gasteiger charge is 2.34. The number of carbonyl (C=O) groups excluding carboxylic acids is 2. The van der Waals surface area contributed by atoms with Crippen molar-refractivity contribution in [2.24, 2.45) is 0 Å². The lowest BCUT2D eigenvalue weighted by molar-refractivity contribution is -0.154. The number of piperazine rings is 1. The third-order valence-corrected chi connectivity index (χ3v) is 6.02. The standard InChI is InChI=1S/C21H31N3O3/c1-16-6-5-8-19(17(16)2)22-11-13-23(14-12-22)20(26)21(27)24-10-4-3-7-18(24)9-15-25/h5-6,8,18,25H,3-4,7,9-15H2,1-2H3. The minimum atomic E-state index is -0.395. The van der Waals surface area contributed by atoms with E-state index in [1.165, 1.54) is 16.8 Å². The molecule has 0 bridgehead atoms. The van der Waals surface area contributed by atoms with Crippen LogP contribution < -0.4 is 4.90 Å². The maximum absolute atomic E-state index is 12.8. The maximum Gasteiger partial charge on any atom is 0.312 e. The first-order chi connectivity index (χ1) is 13.0. The van der Waals surface area contributed by atoms with Gasteiger partial charge >= 0.3 is 11.8 Å². The number of benzene rings is 1. The molecule has 1 atom stereocenters. The molecular weight excluding hydrogens is 342 g/mol. The molecule has 2 aliphatic rings. The summed E-state index contributed by atoms with van der Waals surface area (Å²) in [7, 11) is 0. The number of likely N-dealkylation sites (tertiary alicyclic amines) is 1. The highest BCUT2D eigenvalue weighted by molar-refractivity contribution is 6.35. The van der Waals surface area contributed by atoms with Gasteiger partial charge in [-0.05, 0) is 56.7 Å². The molecule has 2 aliphatic heterocycles. The van der Waals surface area contributed by atoms with E-state index < -0.39 is 5.91 Å². The van der Waals surface area contributed by atoms with Gasteiger partial charge in [-0.2, -0.15) is 0 Å². The molecule has 2 heterocycles. The highest BCUT2D eigenvalue weighted by Crippen LogP contribution is 2.24. The van der Waals surface area contributed by atoms with Crippen molar-refractivity contribution in [1.82, 2.24) is 9.80 Å². The molecule has 6 nitrogen and oxygen atoms in total. The minimum Gasteiger partial charge on any atom is -0.396 e. The highest BCUT2D eigenvalue weighted by atomic mass is 16.3. The zero-order valence-electron chi connectivity index (χ0n) is 16.5. The number of hydrogen-bond acceptors (Lipinski definition) is 4. The smallest absolute Gasteiger partial charge is 0.312 e. The lowest BCUT2D eigenvalue weighted by Gasteiger charge is -2.39. The molecule has 1 aromatic carbocycles. The molecule has 0 aromatic heterocycles. The van der Waals surface area contributed by atoms with E-state index in [9.17, 15) is 14.7 Å². The summed E-state index contributed by atoms with van der Waals surface area (Å²) >= 11 is 0. The Labute approximate surface area is 161 Å². The molecule has 6 heteroatoms. The van der Waals surface area contributed by atoms with Gasteiger partial charge in [-0.3, -0.25) is 9.59 Å². The fraction of sp³-hybridized carbons (Fsp3) is 0.619. The lowest BCUT2D eigenvalue weighted by atomic mass is 9.99. The molecule has 0 aliphatic carbocycles. The first kappa shape index (κ1) is 19.7. The van der Waals surface area contributed by atoms with E-state index in [1.807, 2.05) is 0 Å². The first-order valence-electron chi connectivity index (χ1n) is 10.0. The Balaban J connectivity index is 1.61. The van der Waals surface area contributed by atoms with E-state index in [2.05, 4.69) is 36.9 Å². The fourth-order valence-electron chi connectivity index (χ4n) is 4.20. The van der Waals surface area contributed by atoms with Crippen LogP contribution in [0.1, 0.15) is 36.8 Å². The summed E-state index contributed by atoms with van der Waals surface area (Å²) in [6, 6.07) is 6.30. The second-order valence-electron chi connectivity index (χ2n) is 7.66. The van der Waals surface area contributed by atoms with E-state index in [1.54, 1.807) is 9.80 Å². The Morgan fingerprint density at radius 2 is 1.78 bits per heavy atom. The van der Waals surface area contributed by atoms with Gasteiger partial charge in [0.1, 0.15) is 0 Å². The molecule has 1 N–H and O–H groups in total. The third kappa shape index (κ3) is 4.26. The van der Waals surface area contributed by atoms with Crippen molar-refractivity contribution in [2.75, 3.05) is 44.2 Å². The van der Waals surface area contributed by atoms with Crippen LogP contribution in [-0.2, 0) is 9.59 Å². The molecule has 27 heavy (non-hydrogen) atoms. The molecule has 0 radical (unpaired) electrons. The number of hydrogen-bond donors (Lipinski definition) is 1. The number of nitrogens with zero attached hydrogens (tertiary/aromatic N) is 3. The number of aliphatic hydroxyl groups is 1. The molecule has 148 valence electrons. The average Bonchev–Trinajstić information content (AvgIpc) is 2.70. The predicted molar refractivity (Wildman–Crippen MR) is 106 cm³/mol. The Morgan fingerprint density at radius 1 is 1.04 bits per heavy atom. The van der Waals surface area contributed by atoms with Crippen LogP contribution in [0, 0.1) is 13.8 Å². The average molecular weight is 373 g/mol. The van der Waals surface area contributed by atoms with Gasteiger partial charge in [0, 0.05) is 51.1 Å². The summed E-state index contributed by atoms with van der Waals surface area (Å²) in [6.07, 6.45) is 3.41. The molecule has 2 fully saturated rings. The zero-order valence-corrected chi connectivity index (χ0v) is 16.5. The van der Waals surface area contributed by atoms with Crippen LogP contribution >= 0.6 is 0 Å². The number of amides is 2. The van der Waals surface area contributed by atoms with Crippen molar-refractivity contribution < 1.29 is 14.7 Å². The SMILES string of the molecule is Cc1cccc(N2CCN(C(=O)C(=O)N3CCCCC3CCO)CC2)c1C. The van der Waals surface area contributed by atoms with Crippen LogP contribution in [0.25, 0.3) is 0 Å². The number of anilines is 1. The van der Waals surface area contributed by atoms with E-state index in [4.69, 9.17) is 0 Å². The van der Waals surface area contributed by atoms with Gasteiger partial charge in [0.15, 0.2) is 0 Å². The van der Waals surface area contributed by atoms with E-state index in [0.717, 1.165) is 32.4 Å². The third-order valence-electron chi connectivity index (χ3n) is 6.02. The molecule has 1 aromatic rings. The predicted octanol–water partition coefficient (Wildman–Crippen LogP) is 1.72. The zero-order chi connectivity index (χ0) is 19.4. The normalized spacial score (nSPS) is 20.7. The summed E-state index contributed by atoms with van der Waals surface area (Å²) in [6.45, 7) is 7.52. The van der Waals surface area contributed by atoms with Crippen LogP contribution in [0.3, 0.4) is 0 Å². The second-order valence-corrected chi connectivity index (χ2v) is 7.66. The Bertz CT molecular complexity index is 681. The monoisotopic (exact) mass is 373 g/mol. The van der Waals surface area contributed by atoms with Crippen molar-refractivity contribution in [3.8, 4) is 0 Å². The van der Waals surface area contributed by atoms with Crippen molar-refractivity contribution in [3.05, 3.63) is 29.3 Å². The summed E-state index contributed by atoms with van der Waals surface area (Å²) in [5.41, 5.74) is 3.75. The molecule has 1 unspecified atom stereocenters. The van der Waals surface area contributed by atoms with Gasteiger partial charge < -0.3 is 19.8 Å². The maximum atomic E-state index is 12.8. The quantitative estimate of drug-likeness (QED) is 0.820.